The molecule has 0 bridgehead atoms. The van der Waals surface area contributed by atoms with Crippen molar-refractivity contribution in [1.29, 1.82) is 0 Å². The maximum atomic E-state index is 12.6. The van der Waals surface area contributed by atoms with Crippen molar-refractivity contribution in [3.05, 3.63) is 23.8 Å². The minimum Gasteiger partial charge on any atom is -0.450 e. The van der Waals surface area contributed by atoms with Gasteiger partial charge in [-0.3, -0.25) is 14.4 Å². The van der Waals surface area contributed by atoms with Gasteiger partial charge >= 0.3 is 6.09 Å². The van der Waals surface area contributed by atoms with E-state index in [0.717, 1.165) is 0 Å². The first-order valence-corrected chi connectivity index (χ1v) is 9.52. The third kappa shape index (κ3) is 9.59. The molecule has 160 valence electrons. The molecule has 0 spiro atoms. The highest BCUT2D eigenvalue weighted by molar-refractivity contribution is 5.99. The molecule has 1 aromatic rings. The van der Waals surface area contributed by atoms with Gasteiger partial charge in [0, 0.05) is 43.4 Å². The number of rotatable bonds is 9. The Bertz CT molecular complexity index is 714. The molecule has 0 radical (unpaired) electrons. The summed E-state index contributed by atoms with van der Waals surface area (Å²) in [5, 5.41) is 10.7. The van der Waals surface area contributed by atoms with Crippen LogP contribution in [-0.2, 0) is 14.3 Å². The largest absolute Gasteiger partial charge is 0.450 e. The fraction of sp³-hybridized carbons (Fsp3) is 0.500. The van der Waals surface area contributed by atoms with Gasteiger partial charge < -0.3 is 26.0 Å². The molecule has 0 aliphatic carbocycles. The Morgan fingerprint density at radius 3 is 1.97 bits per heavy atom. The van der Waals surface area contributed by atoms with Crippen LogP contribution in [0.2, 0.25) is 0 Å². The third-order valence-electron chi connectivity index (χ3n) is 3.70. The van der Waals surface area contributed by atoms with E-state index in [0.29, 0.717) is 23.7 Å². The molecule has 0 aliphatic rings. The van der Waals surface area contributed by atoms with Crippen molar-refractivity contribution >= 4 is 35.2 Å². The Morgan fingerprint density at radius 2 is 1.52 bits per heavy atom. The van der Waals surface area contributed by atoms with Crippen LogP contribution in [0.25, 0.3) is 0 Å². The van der Waals surface area contributed by atoms with Gasteiger partial charge in [0.2, 0.25) is 11.8 Å². The number of carbonyl (C=O) groups is 4. The fourth-order valence-corrected chi connectivity index (χ4v) is 2.73. The summed E-state index contributed by atoms with van der Waals surface area (Å²) in [7, 11) is 0. The molecule has 0 saturated carbocycles. The second kappa shape index (κ2) is 11.7. The lowest BCUT2D eigenvalue weighted by Gasteiger charge is -2.21. The first-order valence-electron chi connectivity index (χ1n) is 9.52. The van der Waals surface area contributed by atoms with Gasteiger partial charge in [-0.25, -0.2) is 4.79 Å². The van der Waals surface area contributed by atoms with E-state index in [1.54, 1.807) is 13.0 Å². The lowest BCUT2D eigenvalue weighted by Crippen LogP contribution is -2.44. The third-order valence-corrected chi connectivity index (χ3v) is 3.70. The maximum Gasteiger partial charge on any atom is 0.407 e. The number of anilines is 2. The van der Waals surface area contributed by atoms with Crippen LogP contribution in [0.15, 0.2) is 18.2 Å². The van der Waals surface area contributed by atoms with Gasteiger partial charge in [0.15, 0.2) is 0 Å². The monoisotopic (exact) mass is 406 g/mol. The Balaban J connectivity index is 2.92. The average Bonchev–Trinajstić information content (AvgIpc) is 2.57. The SMILES string of the molecule is CCOC(=O)N[C@@H](CNC(=O)c1cc(NC(C)=O)cc(NC(C)=O)c1)CC(C)C. The van der Waals surface area contributed by atoms with Crippen molar-refractivity contribution in [2.24, 2.45) is 5.92 Å². The standard InChI is InChI=1S/C20H30N4O5/c1-6-29-20(28)24-18(7-12(2)3)11-21-19(27)15-8-16(22-13(4)25)10-17(9-15)23-14(5)26/h8-10,12,18H,6-7,11H2,1-5H3,(H,21,27)(H,22,25)(H,23,26)(H,24,28)/t18-/m1/s1. The van der Waals surface area contributed by atoms with Crippen molar-refractivity contribution in [1.82, 2.24) is 10.6 Å². The molecule has 4 amide bonds. The maximum absolute atomic E-state index is 12.6. The van der Waals surface area contributed by atoms with E-state index in [2.05, 4.69) is 21.3 Å². The molecule has 1 atom stereocenters. The molecule has 0 heterocycles. The summed E-state index contributed by atoms with van der Waals surface area (Å²) in [6, 6.07) is 4.28. The van der Waals surface area contributed by atoms with E-state index in [9.17, 15) is 19.2 Å². The van der Waals surface area contributed by atoms with Gasteiger partial charge in [0.1, 0.15) is 0 Å². The van der Waals surface area contributed by atoms with Crippen LogP contribution in [-0.4, -0.2) is 43.0 Å². The van der Waals surface area contributed by atoms with Crippen molar-refractivity contribution < 1.29 is 23.9 Å². The number of ether oxygens (including phenoxy) is 1. The van der Waals surface area contributed by atoms with Gasteiger partial charge in [0.25, 0.3) is 5.91 Å². The molecule has 4 N–H and O–H groups in total. The minimum absolute atomic E-state index is 0.204. The average molecular weight is 406 g/mol. The zero-order chi connectivity index (χ0) is 22.0. The fourth-order valence-electron chi connectivity index (χ4n) is 2.73. The van der Waals surface area contributed by atoms with Crippen LogP contribution in [0.1, 0.15) is 51.4 Å². The zero-order valence-corrected chi connectivity index (χ0v) is 17.5. The molecule has 1 aromatic carbocycles. The van der Waals surface area contributed by atoms with Crippen LogP contribution in [0, 0.1) is 5.92 Å². The van der Waals surface area contributed by atoms with Crippen LogP contribution in [0.3, 0.4) is 0 Å². The highest BCUT2D eigenvalue weighted by atomic mass is 16.5. The molecule has 0 fully saturated rings. The molecule has 0 aromatic heterocycles. The highest BCUT2D eigenvalue weighted by Gasteiger charge is 2.17. The predicted octanol–water partition coefficient (Wildman–Crippen LogP) is 2.49. The first kappa shape index (κ1) is 23.9. The van der Waals surface area contributed by atoms with E-state index >= 15 is 0 Å². The summed E-state index contributed by atoms with van der Waals surface area (Å²) in [5.41, 5.74) is 1.04. The van der Waals surface area contributed by atoms with Gasteiger partial charge in [-0.05, 0) is 37.5 Å². The first-order chi connectivity index (χ1) is 13.6. The lowest BCUT2D eigenvalue weighted by atomic mass is 10.0. The summed E-state index contributed by atoms with van der Waals surface area (Å²) in [6.07, 6.45) is 0.121. The molecule has 9 nitrogen and oxygen atoms in total. The Labute approximate surface area is 170 Å². The lowest BCUT2D eigenvalue weighted by molar-refractivity contribution is -0.115. The highest BCUT2D eigenvalue weighted by Crippen LogP contribution is 2.19. The van der Waals surface area contributed by atoms with Gasteiger partial charge in [-0.2, -0.15) is 0 Å². The molecular formula is C20H30N4O5. The van der Waals surface area contributed by atoms with Gasteiger partial charge in [0.05, 0.1) is 6.61 Å². The number of carbonyl (C=O) groups excluding carboxylic acids is 4. The van der Waals surface area contributed by atoms with Crippen molar-refractivity contribution in [3.63, 3.8) is 0 Å². The van der Waals surface area contributed by atoms with Crippen LogP contribution in [0.5, 0.6) is 0 Å². The van der Waals surface area contributed by atoms with Crippen LogP contribution < -0.4 is 21.3 Å². The van der Waals surface area contributed by atoms with E-state index in [4.69, 9.17) is 4.74 Å². The predicted molar refractivity (Wildman–Crippen MR) is 111 cm³/mol. The molecule has 0 unspecified atom stereocenters. The number of nitrogens with one attached hydrogen (secondary N) is 4. The Kier molecular flexibility index (Phi) is 9.64. The topological polar surface area (TPSA) is 126 Å². The number of hydrogen-bond acceptors (Lipinski definition) is 5. The second-order valence-electron chi connectivity index (χ2n) is 7.06. The summed E-state index contributed by atoms with van der Waals surface area (Å²) in [5.74, 6) is -0.699. The van der Waals surface area contributed by atoms with Gasteiger partial charge in [-0.15, -0.1) is 0 Å². The molecule has 1 rings (SSSR count). The van der Waals surface area contributed by atoms with Gasteiger partial charge in [-0.1, -0.05) is 13.8 Å². The smallest absolute Gasteiger partial charge is 0.407 e. The number of hydrogen-bond donors (Lipinski definition) is 4. The van der Waals surface area contributed by atoms with Crippen molar-refractivity contribution in [2.45, 2.75) is 47.1 Å². The number of benzene rings is 1. The van der Waals surface area contributed by atoms with Crippen LogP contribution in [0.4, 0.5) is 16.2 Å². The van der Waals surface area contributed by atoms with Crippen LogP contribution >= 0.6 is 0 Å². The van der Waals surface area contributed by atoms with Crippen molar-refractivity contribution in [2.75, 3.05) is 23.8 Å². The molecule has 0 aliphatic heterocycles. The van der Waals surface area contributed by atoms with E-state index in [1.165, 1.54) is 26.0 Å². The number of amides is 4. The Morgan fingerprint density at radius 1 is 0.966 bits per heavy atom. The quantitative estimate of drug-likeness (QED) is 0.501. The van der Waals surface area contributed by atoms with E-state index in [1.807, 2.05) is 13.8 Å². The number of alkyl carbamates (subject to hydrolysis) is 1. The summed E-state index contributed by atoms with van der Waals surface area (Å²) < 4.78 is 4.91. The summed E-state index contributed by atoms with van der Waals surface area (Å²) in [6.45, 7) is 8.90. The second-order valence-corrected chi connectivity index (χ2v) is 7.06. The normalized spacial score (nSPS) is 11.4. The minimum atomic E-state index is -0.534. The molecule has 29 heavy (non-hydrogen) atoms. The van der Waals surface area contributed by atoms with E-state index in [-0.39, 0.29) is 36.6 Å². The molecule has 9 heteroatoms. The summed E-state index contributed by atoms with van der Waals surface area (Å²) in [4.78, 5) is 47.1. The van der Waals surface area contributed by atoms with Crippen molar-refractivity contribution in [3.8, 4) is 0 Å². The molecular weight excluding hydrogens is 376 g/mol. The molecule has 0 saturated heterocycles. The zero-order valence-electron chi connectivity index (χ0n) is 17.5. The van der Waals surface area contributed by atoms with E-state index < -0.39 is 12.0 Å². The summed E-state index contributed by atoms with van der Waals surface area (Å²) >= 11 is 0. The Hall–Kier alpha value is -3.10.